The molecular formula is C14H17BrFNO2. The lowest BCUT2D eigenvalue weighted by Crippen LogP contribution is -2.40. The lowest BCUT2D eigenvalue weighted by Gasteiger charge is -2.28. The molecule has 1 aliphatic rings. The van der Waals surface area contributed by atoms with Crippen molar-refractivity contribution in [3.8, 4) is 0 Å². The van der Waals surface area contributed by atoms with E-state index < -0.39 is 0 Å². The van der Waals surface area contributed by atoms with E-state index in [0.29, 0.717) is 16.0 Å². The quantitative estimate of drug-likeness (QED) is 0.925. The summed E-state index contributed by atoms with van der Waals surface area (Å²) in [7, 11) is 0. The van der Waals surface area contributed by atoms with Crippen LogP contribution >= 0.6 is 15.9 Å². The average molecular weight is 330 g/mol. The van der Waals surface area contributed by atoms with Crippen LogP contribution in [0.5, 0.6) is 0 Å². The number of carbonyl (C=O) groups excluding carboxylic acids is 1. The van der Waals surface area contributed by atoms with E-state index in [1.807, 2.05) is 6.92 Å². The Morgan fingerprint density at radius 3 is 2.79 bits per heavy atom. The highest BCUT2D eigenvalue weighted by molar-refractivity contribution is 9.10. The molecule has 2 rings (SSSR count). The number of halogens is 2. The van der Waals surface area contributed by atoms with Crippen molar-refractivity contribution in [3.63, 3.8) is 0 Å². The molecule has 1 amide bonds. The number of rotatable bonds is 3. The van der Waals surface area contributed by atoms with E-state index in [0.717, 1.165) is 26.1 Å². The van der Waals surface area contributed by atoms with Gasteiger partial charge in [0.25, 0.3) is 5.91 Å². The minimum absolute atomic E-state index is 0.0911. The van der Waals surface area contributed by atoms with Gasteiger partial charge in [0.05, 0.1) is 5.56 Å². The summed E-state index contributed by atoms with van der Waals surface area (Å²) in [4.78, 5) is 12.1. The Morgan fingerprint density at radius 2 is 2.16 bits per heavy atom. The maximum Gasteiger partial charge on any atom is 0.252 e. The van der Waals surface area contributed by atoms with Gasteiger partial charge in [-0.05, 0) is 59.8 Å². The predicted octanol–water partition coefficient (Wildman–Crippen LogP) is 3.13. The standard InChI is InChI=1S/C14H17BrFNO2/c1-9(10-4-6-19-7-5-10)17-14(18)12-3-2-11(16)8-13(12)15/h2-3,8-10H,4-7H2,1H3,(H,17,18). The number of amides is 1. The number of carbonyl (C=O) groups is 1. The highest BCUT2D eigenvalue weighted by Gasteiger charge is 2.22. The molecule has 1 atom stereocenters. The molecule has 1 heterocycles. The number of nitrogens with one attached hydrogen (secondary N) is 1. The first kappa shape index (κ1) is 14.5. The number of benzene rings is 1. The second-order valence-electron chi connectivity index (χ2n) is 4.84. The zero-order valence-electron chi connectivity index (χ0n) is 10.8. The first-order valence-corrected chi connectivity index (χ1v) is 7.21. The Hall–Kier alpha value is -0.940. The van der Waals surface area contributed by atoms with E-state index >= 15 is 0 Å². The van der Waals surface area contributed by atoms with Gasteiger partial charge >= 0.3 is 0 Å². The maximum absolute atomic E-state index is 13.0. The highest BCUT2D eigenvalue weighted by atomic mass is 79.9. The first-order valence-electron chi connectivity index (χ1n) is 6.41. The Bertz CT molecular complexity index is 461. The topological polar surface area (TPSA) is 38.3 Å². The largest absolute Gasteiger partial charge is 0.381 e. The van der Waals surface area contributed by atoms with Crippen molar-refractivity contribution >= 4 is 21.8 Å². The number of hydrogen-bond donors (Lipinski definition) is 1. The van der Waals surface area contributed by atoms with E-state index in [1.165, 1.54) is 18.2 Å². The van der Waals surface area contributed by atoms with Gasteiger partial charge in [-0.1, -0.05) is 0 Å². The Morgan fingerprint density at radius 1 is 1.47 bits per heavy atom. The van der Waals surface area contributed by atoms with Crippen LogP contribution in [0.15, 0.2) is 22.7 Å². The van der Waals surface area contributed by atoms with E-state index in [2.05, 4.69) is 21.2 Å². The van der Waals surface area contributed by atoms with Crippen LogP contribution in [0.3, 0.4) is 0 Å². The molecule has 1 aromatic carbocycles. The van der Waals surface area contributed by atoms with Gasteiger partial charge in [0.15, 0.2) is 0 Å². The van der Waals surface area contributed by atoms with Crippen LogP contribution in [0, 0.1) is 11.7 Å². The lowest BCUT2D eigenvalue weighted by molar-refractivity contribution is 0.0538. The van der Waals surface area contributed by atoms with E-state index in [4.69, 9.17) is 4.74 Å². The third-order valence-corrected chi connectivity index (χ3v) is 4.16. The molecule has 0 spiro atoms. The van der Waals surface area contributed by atoms with Crippen LogP contribution in [-0.4, -0.2) is 25.2 Å². The van der Waals surface area contributed by atoms with Gasteiger partial charge in [0.1, 0.15) is 5.82 Å². The van der Waals surface area contributed by atoms with Crippen molar-refractivity contribution in [1.82, 2.24) is 5.32 Å². The minimum Gasteiger partial charge on any atom is -0.381 e. The first-order chi connectivity index (χ1) is 9.08. The highest BCUT2D eigenvalue weighted by Crippen LogP contribution is 2.21. The summed E-state index contributed by atoms with van der Waals surface area (Å²) in [6, 6.07) is 4.17. The van der Waals surface area contributed by atoms with Crippen molar-refractivity contribution in [2.75, 3.05) is 13.2 Å². The van der Waals surface area contributed by atoms with E-state index in [-0.39, 0.29) is 17.8 Å². The molecule has 19 heavy (non-hydrogen) atoms. The molecule has 0 aliphatic carbocycles. The fourth-order valence-corrected chi connectivity index (χ4v) is 2.82. The van der Waals surface area contributed by atoms with Crippen molar-refractivity contribution in [3.05, 3.63) is 34.1 Å². The van der Waals surface area contributed by atoms with Gasteiger partial charge in [-0.25, -0.2) is 4.39 Å². The van der Waals surface area contributed by atoms with Gasteiger partial charge in [0.2, 0.25) is 0 Å². The summed E-state index contributed by atoms with van der Waals surface area (Å²) in [6.45, 7) is 3.52. The molecule has 104 valence electrons. The van der Waals surface area contributed by atoms with Crippen molar-refractivity contribution in [2.24, 2.45) is 5.92 Å². The molecule has 1 saturated heterocycles. The average Bonchev–Trinajstić information content (AvgIpc) is 2.39. The molecular weight excluding hydrogens is 313 g/mol. The fraction of sp³-hybridized carbons (Fsp3) is 0.500. The summed E-state index contributed by atoms with van der Waals surface area (Å²) < 4.78 is 18.8. The zero-order valence-corrected chi connectivity index (χ0v) is 12.4. The lowest BCUT2D eigenvalue weighted by atomic mass is 9.93. The molecule has 0 saturated carbocycles. The van der Waals surface area contributed by atoms with Gasteiger partial charge in [-0.15, -0.1) is 0 Å². The fourth-order valence-electron chi connectivity index (χ4n) is 2.29. The monoisotopic (exact) mass is 329 g/mol. The number of ether oxygens (including phenoxy) is 1. The molecule has 0 radical (unpaired) electrons. The van der Waals surface area contributed by atoms with Crippen LogP contribution in [0.1, 0.15) is 30.1 Å². The molecule has 3 nitrogen and oxygen atoms in total. The van der Waals surface area contributed by atoms with Crippen LogP contribution in [0.25, 0.3) is 0 Å². The Kier molecular flexibility index (Phi) is 4.93. The minimum atomic E-state index is -0.360. The molecule has 1 fully saturated rings. The smallest absolute Gasteiger partial charge is 0.252 e. The van der Waals surface area contributed by atoms with Crippen molar-refractivity contribution in [1.29, 1.82) is 0 Å². The zero-order chi connectivity index (χ0) is 13.8. The van der Waals surface area contributed by atoms with Gasteiger partial charge in [0, 0.05) is 23.7 Å². The molecule has 0 bridgehead atoms. The SMILES string of the molecule is CC(NC(=O)c1ccc(F)cc1Br)C1CCOCC1. The Balaban J connectivity index is 1.99. The van der Waals surface area contributed by atoms with Gasteiger partial charge in [-0.2, -0.15) is 0 Å². The molecule has 1 aromatic rings. The maximum atomic E-state index is 13.0. The summed E-state index contributed by atoms with van der Waals surface area (Å²) in [5.41, 5.74) is 0.459. The summed E-state index contributed by atoms with van der Waals surface area (Å²) in [6.07, 6.45) is 1.93. The van der Waals surface area contributed by atoms with Gasteiger partial charge < -0.3 is 10.1 Å². The summed E-state index contributed by atoms with van der Waals surface area (Å²) in [5.74, 6) is -0.0938. The predicted molar refractivity (Wildman–Crippen MR) is 74.6 cm³/mol. The third-order valence-electron chi connectivity index (χ3n) is 3.51. The van der Waals surface area contributed by atoms with Gasteiger partial charge in [-0.3, -0.25) is 4.79 Å². The van der Waals surface area contributed by atoms with Crippen LogP contribution in [0.2, 0.25) is 0 Å². The second kappa shape index (κ2) is 6.48. The van der Waals surface area contributed by atoms with Crippen molar-refractivity contribution < 1.29 is 13.9 Å². The van der Waals surface area contributed by atoms with Crippen LogP contribution in [0.4, 0.5) is 4.39 Å². The molecule has 5 heteroatoms. The van der Waals surface area contributed by atoms with E-state index in [1.54, 1.807) is 0 Å². The van der Waals surface area contributed by atoms with Crippen molar-refractivity contribution in [2.45, 2.75) is 25.8 Å². The van der Waals surface area contributed by atoms with E-state index in [9.17, 15) is 9.18 Å². The normalized spacial score (nSPS) is 18.1. The molecule has 1 N–H and O–H groups in total. The summed E-state index contributed by atoms with van der Waals surface area (Å²) in [5, 5.41) is 2.98. The van der Waals surface area contributed by atoms with Crippen LogP contribution in [-0.2, 0) is 4.74 Å². The second-order valence-corrected chi connectivity index (χ2v) is 5.69. The Labute approximate surface area is 120 Å². The van der Waals surface area contributed by atoms with Crippen LogP contribution < -0.4 is 5.32 Å². The molecule has 0 aromatic heterocycles. The molecule has 1 unspecified atom stereocenters. The third kappa shape index (κ3) is 3.76. The number of hydrogen-bond acceptors (Lipinski definition) is 2. The molecule has 1 aliphatic heterocycles. The summed E-state index contributed by atoms with van der Waals surface area (Å²) >= 11 is 3.21.